The number of hydrogen-bond donors (Lipinski definition) is 4. The van der Waals surface area contributed by atoms with E-state index in [0.29, 0.717) is 54.5 Å². The van der Waals surface area contributed by atoms with E-state index in [9.17, 15) is 5.11 Å². The first-order valence-corrected chi connectivity index (χ1v) is 16.6. The number of ether oxygens (including phenoxy) is 4. The molecule has 0 fully saturated rings. The van der Waals surface area contributed by atoms with Crippen LogP contribution in [0, 0.1) is 5.41 Å². The fourth-order valence-corrected chi connectivity index (χ4v) is 5.31. The summed E-state index contributed by atoms with van der Waals surface area (Å²) in [6.07, 6.45) is 12.8. The predicted molar refractivity (Wildman–Crippen MR) is 205 cm³/mol. The van der Waals surface area contributed by atoms with E-state index >= 15 is 0 Å². The van der Waals surface area contributed by atoms with Crippen LogP contribution in [0.5, 0.6) is 0 Å². The Morgan fingerprint density at radius 3 is 2.34 bits per heavy atom. The van der Waals surface area contributed by atoms with E-state index in [4.69, 9.17) is 30.1 Å². The molecule has 3 aromatic carbocycles. The maximum atomic E-state index is 10.5. The summed E-state index contributed by atoms with van der Waals surface area (Å²) >= 11 is 0. The minimum Gasteiger partial charge on any atom is -0.495 e. The Labute approximate surface area is 295 Å². The molecular formula is C41H48N4O5. The fourth-order valence-electron chi connectivity index (χ4n) is 5.31. The van der Waals surface area contributed by atoms with Crippen LogP contribution in [-0.2, 0) is 24.4 Å². The van der Waals surface area contributed by atoms with Crippen LogP contribution in [0.1, 0.15) is 68.7 Å². The normalized spacial score (nSPS) is 13.9. The number of benzene rings is 3. The summed E-state index contributed by atoms with van der Waals surface area (Å²) in [5, 5.41) is 24.5. The van der Waals surface area contributed by atoms with Gasteiger partial charge in [0.1, 0.15) is 11.6 Å². The number of nitrogens with two attached hydrogens (primary N) is 1. The number of fused-ring (bicyclic) bond motifs is 2. The lowest BCUT2D eigenvalue weighted by Crippen LogP contribution is -2.15. The molecule has 0 saturated heterocycles. The van der Waals surface area contributed by atoms with Gasteiger partial charge in [-0.3, -0.25) is 5.41 Å². The number of allylic oxidation sites excluding steroid dienone is 7. The van der Waals surface area contributed by atoms with Gasteiger partial charge >= 0.3 is 0 Å². The van der Waals surface area contributed by atoms with Gasteiger partial charge in [-0.25, -0.2) is 4.99 Å². The van der Waals surface area contributed by atoms with Crippen molar-refractivity contribution in [3.05, 3.63) is 138 Å². The van der Waals surface area contributed by atoms with E-state index in [1.807, 2.05) is 56.3 Å². The average Bonchev–Trinajstić information content (AvgIpc) is 3.36. The second kappa shape index (κ2) is 17.4. The minimum absolute atomic E-state index is 0.115. The van der Waals surface area contributed by atoms with Crippen molar-refractivity contribution in [1.29, 1.82) is 5.41 Å². The second-order valence-corrected chi connectivity index (χ2v) is 12.5. The molecule has 1 atom stereocenters. The van der Waals surface area contributed by atoms with Crippen LogP contribution in [0.2, 0.25) is 0 Å². The average molecular weight is 677 g/mol. The third-order valence-electron chi connectivity index (χ3n) is 7.80. The van der Waals surface area contributed by atoms with Gasteiger partial charge in [-0.2, -0.15) is 0 Å². The van der Waals surface area contributed by atoms with Crippen molar-refractivity contribution in [2.45, 2.75) is 46.3 Å². The fraction of sp³-hybridized carbons (Fsp3) is 0.268. The zero-order valence-corrected chi connectivity index (χ0v) is 29.6. The van der Waals surface area contributed by atoms with E-state index in [-0.39, 0.29) is 17.1 Å². The lowest BCUT2D eigenvalue weighted by Gasteiger charge is -2.24. The van der Waals surface area contributed by atoms with Crippen molar-refractivity contribution in [2.24, 2.45) is 10.7 Å². The quantitative estimate of drug-likeness (QED) is 0.0487. The Morgan fingerprint density at radius 2 is 1.68 bits per heavy atom. The first-order valence-electron chi connectivity index (χ1n) is 16.6. The highest BCUT2D eigenvalue weighted by Crippen LogP contribution is 2.41. The molecule has 0 bridgehead atoms. The molecule has 1 aliphatic heterocycles. The maximum Gasteiger partial charge on any atom is 0.181 e. The summed E-state index contributed by atoms with van der Waals surface area (Å²) in [5.41, 5.74) is 12.5. The van der Waals surface area contributed by atoms with Crippen molar-refractivity contribution in [3.63, 3.8) is 0 Å². The summed E-state index contributed by atoms with van der Waals surface area (Å²) in [4.78, 5) is 4.32. The van der Waals surface area contributed by atoms with Gasteiger partial charge in [-0.1, -0.05) is 70.4 Å². The van der Waals surface area contributed by atoms with Crippen molar-refractivity contribution < 1.29 is 24.1 Å². The van der Waals surface area contributed by atoms with Crippen LogP contribution in [0.15, 0.2) is 115 Å². The Balaban J connectivity index is 1.69. The zero-order valence-electron chi connectivity index (χ0n) is 29.6. The number of nitrogens with zero attached hydrogens (tertiary/aromatic N) is 1. The van der Waals surface area contributed by atoms with Crippen LogP contribution in [0.25, 0.3) is 16.3 Å². The molecule has 3 aromatic rings. The Bertz CT molecular complexity index is 1860. The van der Waals surface area contributed by atoms with Crippen molar-refractivity contribution >= 4 is 39.4 Å². The molecule has 0 aliphatic carbocycles. The minimum atomic E-state index is -1.06. The molecule has 0 radical (unpaired) electrons. The van der Waals surface area contributed by atoms with Crippen molar-refractivity contribution in [1.82, 2.24) is 0 Å². The van der Waals surface area contributed by atoms with Gasteiger partial charge in [-0.05, 0) is 78.3 Å². The van der Waals surface area contributed by atoms with Crippen LogP contribution in [0.4, 0.5) is 11.4 Å². The largest absolute Gasteiger partial charge is 0.495 e. The number of anilines is 2. The molecule has 0 amide bonds. The monoisotopic (exact) mass is 676 g/mol. The van der Waals surface area contributed by atoms with Gasteiger partial charge in [0.15, 0.2) is 12.1 Å². The summed E-state index contributed by atoms with van der Waals surface area (Å²) in [5.74, 6) is 0.967. The Kier molecular flexibility index (Phi) is 13.1. The van der Waals surface area contributed by atoms with Gasteiger partial charge in [-0.15, -0.1) is 0 Å². The van der Waals surface area contributed by atoms with Crippen LogP contribution < -0.4 is 11.1 Å². The molecule has 9 nitrogen and oxygen atoms in total. The SMILES string of the molecule is C=C(/C=C\C=C\O/C=C/C=C\C(=C)c1c2c(cc3cc(C(C)(C)C)cc(Nc4ccc(C(O)OCCOCC)cc4)c13)C(=N)N=C2N)OCC. The maximum absolute atomic E-state index is 10.5. The van der Waals surface area contributed by atoms with Gasteiger partial charge in [0.05, 0.1) is 32.3 Å². The van der Waals surface area contributed by atoms with Gasteiger partial charge in [0.25, 0.3) is 0 Å². The smallest absolute Gasteiger partial charge is 0.181 e. The topological polar surface area (TPSA) is 131 Å². The molecule has 0 spiro atoms. The number of aliphatic hydroxyl groups excluding tert-OH is 1. The highest BCUT2D eigenvalue weighted by molar-refractivity contribution is 6.26. The van der Waals surface area contributed by atoms with Crippen LogP contribution >= 0.6 is 0 Å². The first kappa shape index (κ1) is 37.6. The summed E-state index contributed by atoms with van der Waals surface area (Å²) < 4.78 is 21.5. The van der Waals surface area contributed by atoms with Crippen LogP contribution in [-0.4, -0.2) is 43.2 Å². The molecule has 9 heteroatoms. The Hall–Kier alpha value is -5.22. The predicted octanol–water partition coefficient (Wildman–Crippen LogP) is 8.69. The standard InChI is InChI=1S/C41H48N4O5/c1-8-47-22-23-50-40(46)29-16-18-32(19-17-29)44-34-26-31(41(5,6)7)24-30-25-33-37(39(43)45-38(33)42)35(36(30)34)27(3)14-10-12-20-48-21-13-11-15-28(4)49-9-2/h10-21,24-26,40,44,46H,3-4,8-9,22-23H2,1-2,5-7H3,(H3,42,43,45)/b14-10-,15-11-,20-12+,21-13+. The van der Waals surface area contributed by atoms with Crippen molar-refractivity contribution in [3.8, 4) is 0 Å². The second-order valence-electron chi connectivity index (χ2n) is 12.5. The van der Waals surface area contributed by atoms with E-state index < -0.39 is 6.29 Å². The first-order chi connectivity index (χ1) is 23.9. The molecule has 0 saturated carbocycles. The highest BCUT2D eigenvalue weighted by atomic mass is 16.6. The molecule has 1 heterocycles. The third kappa shape index (κ3) is 9.69. The highest BCUT2D eigenvalue weighted by Gasteiger charge is 2.28. The lowest BCUT2D eigenvalue weighted by molar-refractivity contribution is -0.115. The van der Waals surface area contributed by atoms with Gasteiger partial charge in [0, 0.05) is 45.6 Å². The molecule has 0 aromatic heterocycles. The van der Waals surface area contributed by atoms with Gasteiger partial charge < -0.3 is 35.1 Å². The molecule has 4 rings (SSSR count). The number of aliphatic hydroxyl groups is 1. The van der Waals surface area contributed by atoms with E-state index in [0.717, 1.165) is 33.3 Å². The Morgan fingerprint density at radius 1 is 0.980 bits per heavy atom. The summed E-state index contributed by atoms with van der Waals surface area (Å²) in [6, 6.07) is 13.7. The molecule has 50 heavy (non-hydrogen) atoms. The van der Waals surface area contributed by atoms with Crippen molar-refractivity contribution in [2.75, 3.05) is 31.7 Å². The van der Waals surface area contributed by atoms with Crippen LogP contribution in [0.3, 0.4) is 0 Å². The number of rotatable bonds is 17. The summed E-state index contributed by atoms with van der Waals surface area (Å²) in [6.45, 7) is 20.4. The van der Waals surface area contributed by atoms with E-state index in [2.05, 4.69) is 56.4 Å². The van der Waals surface area contributed by atoms with Gasteiger partial charge in [0.2, 0.25) is 0 Å². The lowest BCUT2D eigenvalue weighted by atomic mass is 9.82. The molecule has 1 unspecified atom stereocenters. The third-order valence-corrected chi connectivity index (χ3v) is 7.80. The molecule has 262 valence electrons. The molecular weight excluding hydrogens is 628 g/mol. The molecule has 1 aliphatic rings. The number of amidine groups is 2. The number of nitrogens with one attached hydrogen (secondary N) is 2. The zero-order chi connectivity index (χ0) is 36.3. The van der Waals surface area contributed by atoms with E-state index in [1.165, 1.54) is 0 Å². The number of hydrogen-bond acceptors (Lipinski definition) is 8. The van der Waals surface area contributed by atoms with E-state index in [1.54, 1.807) is 36.8 Å². The molecule has 5 N–H and O–H groups in total. The summed E-state index contributed by atoms with van der Waals surface area (Å²) in [7, 11) is 0. The number of aliphatic imine (C=N–C) groups is 1.